The number of benzene rings is 3. The molecule has 3 aromatic carbocycles. The highest BCUT2D eigenvalue weighted by Gasteiger charge is 2.21. The summed E-state index contributed by atoms with van der Waals surface area (Å²) in [7, 11) is -12.3. The largest absolute Gasteiger partial charge is 0.871 e. The molecule has 0 unspecified atom stereocenters. The van der Waals surface area contributed by atoms with E-state index in [1.165, 1.54) is 62.4 Å². The molecule has 45 heavy (non-hydrogen) atoms. The standard InChI is InChI=1S/C29H40ClN5O7S3/c1-3-4-5-6-7-8-9-10-11-12-18-32-45(41,42)27-20-25(34-33-21-16-17-23(30)26(19-21)44(31,39)40)28-22(29(27)36)14-13-15-24(28)35-43(2,37)38/h13-17,19-20,32,35-36H,3-12,18H2,1-2H3,(H2,31,39,40)/p-1. The van der Waals surface area contributed by atoms with Crippen molar-refractivity contribution >= 4 is 69.5 Å². The van der Waals surface area contributed by atoms with Gasteiger partial charge in [0.25, 0.3) is 0 Å². The van der Waals surface area contributed by atoms with Crippen LogP contribution in [0.1, 0.15) is 71.1 Å². The van der Waals surface area contributed by atoms with Crippen LogP contribution in [-0.2, 0) is 30.1 Å². The van der Waals surface area contributed by atoms with Crippen LogP contribution in [0.5, 0.6) is 5.75 Å². The van der Waals surface area contributed by atoms with Gasteiger partial charge in [0.2, 0.25) is 30.1 Å². The molecule has 0 saturated carbocycles. The van der Waals surface area contributed by atoms with Crippen molar-refractivity contribution < 1.29 is 30.4 Å². The first kappa shape index (κ1) is 36.6. The molecule has 12 nitrogen and oxygen atoms in total. The Balaban J connectivity index is 1.90. The van der Waals surface area contributed by atoms with Gasteiger partial charge in [0, 0.05) is 11.9 Å². The van der Waals surface area contributed by atoms with Crippen LogP contribution in [0.15, 0.2) is 62.5 Å². The summed E-state index contributed by atoms with van der Waals surface area (Å²) in [6, 6.07) is 8.84. The number of azo groups is 1. The second kappa shape index (κ2) is 16.1. The molecular formula is C29H39ClN5O7S3-. The molecule has 0 radical (unpaired) electrons. The molecular weight excluding hydrogens is 662 g/mol. The SMILES string of the molecule is CCCCCCCCCCCCNS(=O)(=O)c1cc(N=Nc2ccc(Cl)c(S(N)(=O)=O)c2)c2c(NS(C)(=O)=O)cccc2c1[O-]. The number of hydrogen-bond acceptors (Lipinski definition) is 9. The molecule has 0 fully saturated rings. The van der Waals surface area contributed by atoms with Crippen LogP contribution in [0.25, 0.3) is 10.8 Å². The maximum Gasteiger partial charge on any atom is 0.240 e. The third-order valence-corrected chi connectivity index (χ3v) is 10.4. The molecule has 0 aliphatic carbocycles. The zero-order chi connectivity index (χ0) is 33.3. The van der Waals surface area contributed by atoms with E-state index in [-0.39, 0.29) is 39.4 Å². The number of anilines is 1. The van der Waals surface area contributed by atoms with Crippen molar-refractivity contribution in [2.75, 3.05) is 17.5 Å². The van der Waals surface area contributed by atoms with E-state index in [9.17, 15) is 30.4 Å². The van der Waals surface area contributed by atoms with Crippen LogP contribution in [0.2, 0.25) is 5.02 Å². The highest BCUT2D eigenvalue weighted by Crippen LogP contribution is 2.42. The first-order valence-electron chi connectivity index (χ1n) is 14.6. The van der Waals surface area contributed by atoms with Gasteiger partial charge in [-0.1, -0.05) is 94.2 Å². The Morgan fingerprint density at radius 3 is 2.04 bits per heavy atom. The summed E-state index contributed by atoms with van der Waals surface area (Å²) in [6.07, 6.45) is 11.7. The fraction of sp³-hybridized carbons (Fsp3) is 0.448. The zero-order valence-electron chi connectivity index (χ0n) is 25.3. The number of fused-ring (bicyclic) bond motifs is 1. The van der Waals surface area contributed by atoms with Gasteiger partial charge in [0.05, 0.1) is 33.2 Å². The van der Waals surface area contributed by atoms with E-state index in [4.69, 9.17) is 16.7 Å². The van der Waals surface area contributed by atoms with Crippen molar-refractivity contribution in [2.24, 2.45) is 15.4 Å². The molecule has 248 valence electrons. The lowest BCUT2D eigenvalue weighted by molar-refractivity contribution is -0.269. The van der Waals surface area contributed by atoms with Crippen LogP contribution in [0, 0.1) is 0 Å². The highest BCUT2D eigenvalue weighted by molar-refractivity contribution is 7.92. The van der Waals surface area contributed by atoms with Crippen molar-refractivity contribution in [1.82, 2.24) is 4.72 Å². The van der Waals surface area contributed by atoms with Gasteiger partial charge in [-0.25, -0.2) is 35.1 Å². The average molecular weight is 701 g/mol. The van der Waals surface area contributed by atoms with Crippen molar-refractivity contribution in [3.8, 4) is 5.75 Å². The molecule has 3 rings (SSSR count). The number of hydrogen-bond donors (Lipinski definition) is 3. The predicted molar refractivity (Wildman–Crippen MR) is 176 cm³/mol. The van der Waals surface area contributed by atoms with Gasteiger partial charge in [-0.2, -0.15) is 5.11 Å². The summed E-state index contributed by atoms with van der Waals surface area (Å²) in [5.74, 6) is -0.848. The first-order chi connectivity index (χ1) is 21.1. The molecule has 0 heterocycles. The minimum absolute atomic E-state index is 0.000167. The molecule has 0 aliphatic rings. The maximum atomic E-state index is 13.4. The minimum atomic E-state index is -4.29. The highest BCUT2D eigenvalue weighted by atomic mass is 35.5. The van der Waals surface area contributed by atoms with Crippen LogP contribution < -0.4 is 19.7 Å². The molecule has 0 aromatic heterocycles. The fourth-order valence-electron chi connectivity index (χ4n) is 4.76. The van der Waals surface area contributed by atoms with Crippen LogP contribution in [0.4, 0.5) is 17.1 Å². The van der Waals surface area contributed by atoms with Crippen LogP contribution in [-0.4, -0.2) is 38.1 Å². The maximum absolute atomic E-state index is 13.4. The number of nitrogens with two attached hydrogens (primary N) is 1. The Kier molecular flexibility index (Phi) is 13.1. The molecule has 0 atom stereocenters. The second-order valence-corrected chi connectivity index (χ2v) is 16.2. The molecule has 0 saturated heterocycles. The molecule has 0 amide bonds. The normalized spacial score (nSPS) is 12.7. The van der Waals surface area contributed by atoms with E-state index in [1.807, 2.05) is 0 Å². The minimum Gasteiger partial charge on any atom is -0.871 e. The molecule has 4 N–H and O–H groups in total. The molecule has 0 spiro atoms. The third kappa shape index (κ3) is 10.9. The Bertz CT molecular complexity index is 1850. The van der Waals surface area contributed by atoms with Gasteiger partial charge < -0.3 is 5.11 Å². The van der Waals surface area contributed by atoms with E-state index < -0.39 is 45.6 Å². The smallest absolute Gasteiger partial charge is 0.240 e. The lowest BCUT2D eigenvalue weighted by atomic mass is 10.1. The van der Waals surface area contributed by atoms with E-state index in [2.05, 4.69) is 26.6 Å². The number of nitrogens with zero attached hydrogens (tertiary/aromatic N) is 2. The number of sulfonamides is 3. The molecule has 3 aromatic rings. The number of rotatable bonds is 18. The summed E-state index contributed by atoms with van der Waals surface area (Å²) in [4.78, 5) is -0.992. The number of unbranched alkanes of at least 4 members (excludes halogenated alkanes) is 9. The lowest BCUT2D eigenvalue weighted by Crippen LogP contribution is -2.25. The third-order valence-electron chi connectivity index (χ3n) is 6.96. The Labute approximate surface area is 270 Å². The average Bonchev–Trinajstić information content (AvgIpc) is 2.95. The van der Waals surface area contributed by atoms with Crippen molar-refractivity contribution in [1.29, 1.82) is 0 Å². The van der Waals surface area contributed by atoms with E-state index in [1.54, 1.807) is 0 Å². The van der Waals surface area contributed by atoms with Crippen LogP contribution in [0.3, 0.4) is 0 Å². The van der Waals surface area contributed by atoms with E-state index in [0.717, 1.165) is 44.1 Å². The van der Waals surface area contributed by atoms with Crippen LogP contribution >= 0.6 is 11.6 Å². The second-order valence-electron chi connectivity index (χ2n) is 10.8. The lowest BCUT2D eigenvalue weighted by Gasteiger charge is -2.20. The van der Waals surface area contributed by atoms with Gasteiger partial charge in [-0.05, 0) is 42.1 Å². The summed E-state index contributed by atoms with van der Waals surface area (Å²) in [5.41, 5.74) is -0.174. The van der Waals surface area contributed by atoms with Crippen molar-refractivity contribution in [3.05, 3.63) is 47.5 Å². The first-order valence-corrected chi connectivity index (χ1v) is 19.9. The van der Waals surface area contributed by atoms with E-state index in [0.29, 0.717) is 6.42 Å². The van der Waals surface area contributed by atoms with Crippen molar-refractivity contribution in [2.45, 2.75) is 80.9 Å². The fourth-order valence-corrected chi connectivity index (χ4v) is 7.58. The molecule has 0 aliphatic heterocycles. The molecule has 0 bridgehead atoms. The van der Waals surface area contributed by atoms with Gasteiger partial charge in [-0.3, -0.25) is 4.72 Å². The van der Waals surface area contributed by atoms with Gasteiger partial charge >= 0.3 is 0 Å². The summed E-state index contributed by atoms with van der Waals surface area (Å²) in [5, 5.41) is 26.5. The van der Waals surface area contributed by atoms with Gasteiger partial charge in [0.15, 0.2) is 0 Å². The number of nitrogens with one attached hydrogen (secondary N) is 2. The topological polar surface area (TPSA) is 200 Å². The summed E-state index contributed by atoms with van der Waals surface area (Å²) < 4.78 is 79.3. The number of halogens is 1. The van der Waals surface area contributed by atoms with Crippen molar-refractivity contribution in [3.63, 3.8) is 0 Å². The summed E-state index contributed by atoms with van der Waals surface area (Å²) in [6.45, 7) is 2.31. The monoisotopic (exact) mass is 700 g/mol. The Hall–Kier alpha value is -2.82. The molecule has 16 heteroatoms. The Morgan fingerprint density at radius 1 is 0.822 bits per heavy atom. The Morgan fingerprint density at radius 2 is 1.44 bits per heavy atom. The zero-order valence-corrected chi connectivity index (χ0v) is 28.5. The van der Waals surface area contributed by atoms with E-state index >= 15 is 0 Å². The summed E-state index contributed by atoms with van der Waals surface area (Å²) >= 11 is 5.95. The van der Waals surface area contributed by atoms with Gasteiger partial charge in [-0.15, -0.1) is 5.11 Å². The predicted octanol–water partition coefficient (Wildman–Crippen LogP) is 6.20. The number of primary sulfonamides is 1. The van der Waals surface area contributed by atoms with Gasteiger partial charge in [0.1, 0.15) is 4.90 Å². The quantitative estimate of drug-likeness (QED) is 0.104.